The van der Waals surface area contributed by atoms with Gasteiger partial charge in [-0.25, -0.2) is 13.3 Å². The molecule has 1 heterocycles. The molecule has 0 amide bonds. The molecular formula is C22H25N3O4S. The second-order valence-electron chi connectivity index (χ2n) is 7.06. The third-order valence-corrected chi connectivity index (χ3v) is 6.27. The molecule has 0 saturated carbocycles. The van der Waals surface area contributed by atoms with Crippen LogP contribution < -0.4 is 5.73 Å². The van der Waals surface area contributed by atoms with Crippen LogP contribution in [0.5, 0.6) is 0 Å². The highest BCUT2D eigenvalue weighted by Crippen LogP contribution is 2.24. The van der Waals surface area contributed by atoms with E-state index < -0.39 is 17.0 Å². The molecule has 1 aliphatic heterocycles. The van der Waals surface area contributed by atoms with Crippen LogP contribution in [0.25, 0.3) is 6.08 Å². The van der Waals surface area contributed by atoms with Crippen molar-refractivity contribution in [2.45, 2.75) is 17.4 Å². The molecule has 0 spiro atoms. The van der Waals surface area contributed by atoms with E-state index >= 15 is 0 Å². The lowest BCUT2D eigenvalue weighted by Crippen LogP contribution is -2.28. The van der Waals surface area contributed by atoms with Crippen molar-refractivity contribution < 1.29 is 18.5 Å². The predicted octanol–water partition coefficient (Wildman–Crippen LogP) is 2.27. The van der Waals surface area contributed by atoms with Crippen LogP contribution in [0, 0.1) is 0 Å². The zero-order chi connectivity index (χ0) is 21.5. The lowest BCUT2D eigenvalue weighted by molar-refractivity contribution is 0.0351. The van der Waals surface area contributed by atoms with Gasteiger partial charge in [0.25, 0.3) is 0 Å². The van der Waals surface area contributed by atoms with Crippen LogP contribution >= 0.6 is 0 Å². The van der Waals surface area contributed by atoms with Gasteiger partial charge in [0.1, 0.15) is 11.0 Å². The van der Waals surface area contributed by atoms with E-state index in [1.807, 2.05) is 10.4 Å². The minimum atomic E-state index is -1.41. The molecule has 2 atom stereocenters. The Morgan fingerprint density at radius 2 is 2.03 bits per heavy atom. The van der Waals surface area contributed by atoms with Crippen LogP contribution in [0.2, 0.25) is 0 Å². The largest absolute Gasteiger partial charge is 0.441 e. The second kappa shape index (κ2) is 10.3. The van der Waals surface area contributed by atoms with Gasteiger partial charge in [0.15, 0.2) is 13.0 Å². The summed E-state index contributed by atoms with van der Waals surface area (Å²) in [4.78, 5) is 25.8. The summed E-state index contributed by atoms with van der Waals surface area (Å²) in [7, 11) is 0.330. The van der Waals surface area contributed by atoms with Crippen LogP contribution in [0.15, 0.2) is 59.6 Å². The third kappa shape index (κ3) is 5.41. The van der Waals surface area contributed by atoms with Crippen molar-refractivity contribution in [3.63, 3.8) is 0 Å². The Balaban J connectivity index is 1.71. The van der Waals surface area contributed by atoms with Crippen molar-refractivity contribution in [2.24, 2.45) is 5.73 Å². The molecule has 158 valence electrons. The minimum Gasteiger partial charge on any atom is -0.441 e. The lowest BCUT2D eigenvalue weighted by atomic mass is 10.1. The van der Waals surface area contributed by atoms with Crippen molar-refractivity contribution in [3.05, 3.63) is 71.4 Å². The van der Waals surface area contributed by atoms with Crippen molar-refractivity contribution in [1.29, 1.82) is 0 Å². The first-order valence-electron chi connectivity index (χ1n) is 9.61. The number of carbonyl (C=O) groups is 2. The van der Waals surface area contributed by atoms with E-state index in [4.69, 9.17) is 10.5 Å². The van der Waals surface area contributed by atoms with Crippen LogP contribution in [0.4, 0.5) is 0 Å². The normalized spacial score (nSPS) is 17.7. The zero-order valence-corrected chi connectivity index (χ0v) is 17.6. The van der Waals surface area contributed by atoms with Crippen molar-refractivity contribution in [2.75, 3.05) is 26.9 Å². The standard InChI is InChI=1S/C22H25N3O4S/c1-24(16-29-22(27)17-6-3-2-4-7-17)12-11-20-18(15-26)8-5-9-21(20)30(28)25-13-10-19(23)14-25/h2-9,11-12,15,19H,10,13-14,16,23H2,1H3/b12-11-. The average Bonchev–Trinajstić information content (AvgIpc) is 3.22. The molecule has 7 nitrogen and oxygen atoms in total. The first-order chi connectivity index (χ1) is 14.5. The molecule has 2 unspecified atom stereocenters. The first-order valence-corrected chi connectivity index (χ1v) is 10.7. The van der Waals surface area contributed by atoms with E-state index in [9.17, 15) is 13.8 Å². The van der Waals surface area contributed by atoms with Gasteiger partial charge < -0.3 is 15.4 Å². The van der Waals surface area contributed by atoms with Gasteiger partial charge in [-0.1, -0.05) is 30.3 Å². The molecule has 0 bridgehead atoms. The maximum atomic E-state index is 13.0. The monoisotopic (exact) mass is 427 g/mol. The number of carbonyl (C=O) groups excluding carboxylic acids is 2. The number of benzene rings is 2. The van der Waals surface area contributed by atoms with E-state index in [1.165, 1.54) is 0 Å². The summed E-state index contributed by atoms with van der Waals surface area (Å²) in [5.41, 5.74) is 7.43. The second-order valence-corrected chi connectivity index (χ2v) is 8.52. The molecular weight excluding hydrogens is 402 g/mol. The fraction of sp³-hybridized carbons (Fsp3) is 0.273. The van der Waals surface area contributed by atoms with Crippen molar-refractivity contribution in [3.8, 4) is 0 Å². The molecule has 30 heavy (non-hydrogen) atoms. The number of esters is 1. The zero-order valence-electron chi connectivity index (χ0n) is 16.8. The molecule has 0 aromatic heterocycles. The topological polar surface area (TPSA) is 92.9 Å². The summed E-state index contributed by atoms with van der Waals surface area (Å²) in [5.74, 6) is -0.420. The first kappa shape index (κ1) is 21.9. The van der Waals surface area contributed by atoms with Crippen LogP contribution in [0.3, 0.4) is 0 Å². The number of nitrogens with zero attached hydrogens (tertiary/aromatic N) is 2. The van der Waals surface area contributed by atoms with Gasteiger partial charge in [0.05, 0.1) is 10.5 Å². The van der Waals surface area contributed by atoms with E-state index in [2.05, 4.69) is 0 Å². The van der Waals surface area contributed by atoms with Gasteiger partial charge in [-0.2, -0.15) is 0 Å². The average molecular weight is 428 g/mol. The third-order valence-electron chi connectivity index (χ3n) is 4.74. The SMILES string of the molecule is CN(/C=C\c1c(C=O)cccc1S(=O)N1CCC(N)C1)COC(=O)c1ccccc1. The number of nitrogens with two attached hydrogens (primary N) is 1. The van der Waals surface area contributed by atoms with E-state index in [1.54, 1.807) is 66.7 Å². The fourth-order valence-corrected chi connectivity index (χ4v) is 4.55. The van der Waals surface area contributed by atoms with Gasteiger partial charge >= 0.3 is 5.97 Å². The molecule has 1 fully saturated rings. The smallest absolute Gasteiger partial charge is 0.339 e. The molecule has 1 saturated heterocycles. The predicted molar refractivity (Wildman–Crippen MR) is 116 cm³/mol. The van der Waals surface area contributed by atoms with Gasteiger partial charge in [0.2, 0.25) is 0 Å². The summed E-state index contributed by atoms with van der Waals surface area (Å²) in [6.45, 7) is 1.24. The number of hydrogen-bond acceptors (Lipinski definition) is 6. The van der Waals surface area contributed by atoms with E-state index in [-0.39, 0.29) is 12.8 Å². The molecule has 2 aromatic carbocycles. The number of aldehydes is 1. The molecule has 3 rings (SSSR count). The number of hydrogen-bond donors (Lipinski definition) is 1. The van der Waals surface area contributed by atoms with Crippen LogP contribution in [0.1, 0.15) is 32.7 Å². The highest BCUT2D eigenvalue weighted by Gasteiger charge is 2.26. The van der Waals surface area contributed by atoms with Gasteiger partial charge in [-0.05, 0) is 30.7 Å². The Morgan fingerprint density at radius 3 is 2.70 bits per heavy atom. The number of ether oxygens (including phenoxy) is 1. The van der Waals surface area contributed by atoms with Crippen LogP contribution in [-0.2, 0) is 15.7 Å². The maximum absolute atomic E-state index is 13.0. The quantitative estimate of drug-likeness (QED) is 0.395. The van der Waals surface area contributed by atoms with E-state index in [0.29, 0.717) is 34.7 Å². The highest BCUT2D eigenvalue weighted by atomic mass is 32.2. The minimum absolute atomic E-state index is 0.00706. The molecule has 0 aliphatic carbocycles. The molecule has 8 heteroatoms. The van der Waals surface area contributed by atoms with Crippen molar-refractivity contribution >= 4 is 29.3 Å². The molecule has 2 aromatic rings. The summed E-state index contributed by atoms with van der Waals surface area (Å²) >= 11 is 0. The van der Waals surface area contributed by atoms with Gasteiger partial charge in [-0.15, -0.1) is 0 Å². The van der Waals surface area contributed by atoms with Crippen LogP contribution in [-0.4, -0.2) is 58.6 Å². The highest BCUT2D eigenvalue weighted by molar-refractivity contribution is 7.82. The summed E-state index contributed by atoms with van der Waals surface area (Å²) in [6.07, 6.45) is 4.94. The van der Waals surface area contributed by atoms with Gasteiger partial charge in [0, 0.05) is 43.5 Å². The Kier molecular flexibility index (Phi) is 7.51. The Labute approximate surface area is 178 Å². The van der Waals surface area contributed by atoms with E-state index in [0.717, 1.165) is 12.7 Å². The molecule has 0 radical (unpaired) electrons. The number of rotatable bonds is 8. The lowest BCUT2D eigenvalue weighted by Gasteiger charge is -2.18. The van der Waals surface area contributed by atoms with Gasteiger partial charge in [-0.3, -0.25) is 4.79 Å². The maximum Gasteiger partial charge on any atom is 0.339 e. The Hall–Kier alpha value is -2.81. The Morgan fingerprint density at radius 1 is 1.27 bits per heavy atom. The summed E-state index contributed by atoms with van der Waals surface area (Å²) < 4.78 is 20.2. The molecule has 1 aliphatic rings. The Bertz CT molecular complexity index is 949. The van der Waals surface area contributed by atoms with Crippen molar-refractivity contribution in [1.82, 2.24) is 9.21 Å². The summed E-state index contributed by atoms with van der Waals surface area (Å²) in [5, 5.41) is 0. The fourth-order valence-electron chi connectivity index (χ4n) is 3.10. The molecule has 2 N–H and O–H groups in total. The summed E-state index contributed by atoms with van der Waals surface area (Å²) in [6, 6.07) is 13.9.